The van der Waals surface area contributed by atoms with E-state index in [0.717, 1.165) is 5.57 Å². The number of aryl methyl sites for hydroxylation is 1. The van der Waals surface area contributed by atoms with Crippen LogP contribution < -0.4 is 0 Å². The SMILES string of the molecule is C=C(C#N)c1nc(C)oc1C(=C)C. The van der Waals surface area contributed by atoms with E-state index in [1.807, 2.05) is 6.07 Å². The van der Waals surface area contributed by atoms with E-state index < -0.39 is 0 Å². The number of nitriles is 1. The lowest BCUT2D eigenvalue weighted by Crippen LogP contribution is -1.85. The van der Waals surface area contributed by atoms with Crippen LogP contribution in [0.2, 0.25) is 0 Å². The Morgan fingerprint density at radius 1 is 1.54 bits per heavy atom. The van der Waals surface area contributed by atoms with Crippen LogP contribution in [-0.2, 0) is 0 Å². The molecule has 0 saturated carbocycles. The maximum atomic E-state index is 8.64. The molecular weight excluding hydrogens is 164 g/mol. The van der Waals surface area contributed by atoms with Crippen molar-refractivity contribution in [1.82, 2.24) is 4.98 Å². The molecule has 0 bridgehead atoms. The van der Waals surface area contributed by atoms with Crippen LogP contribution >= 0.6 is 0 Å². The monoisotopic (exact) mass is 174 g/mol. The molecule has 66 valence electrons. The zero-order chi connectivity index (χ0) is 10.0. The number of oxazole rings is 1. The van der Waals surface area contributed by atoms with Gasteiger partial charge in [0.1, 0.15) is 11.8 Å². The highest BCUT2D eigenvalue weighted by molar-refractivity contribution is 5.79. The molecule has 0 unspecified atom stereocenters. The Kier molecular flexibility index (Phi) is 2.34. The van der Waals surface area contributed by atoms with Gasteiger partial charge in [-0.15, -0.1) is 0 Å². The fourth-order valence-corrected chi connectivity index (χ4v) is 0.974. The highest BCUT2D eigenvalue weighted by atomic mass is 16.4. The smallest absolute Gasteiger partial charge is 0.192 e. The van der Waals surface area contributed by atoms with E-state index in [9.17, 15) is 0 Å². The van der Waals surface area contributed by atoms with Crippen molar-refractivity contribution in [3.63, 3.8) is 0 Å². The van der Waals surface area contributed by atoms with Gasteiger partial charge in [0.15, 0.2) is 11.7 Å². The molecule has 3 nitrogen and oxygen atoms in total. The van der Waals surface area contributed by atoms with Crippen LogP contribution in [0.4, 0.5) is 0 Å². The second-order valence-corrected chi connectivity index (χ2v) is 2.78. The molecule has 1 heterocycles. The van der Waals surface area contributed by atoms with E-state index in [0.29, 0.717) is 22.9 Å². The van der Waals surface area contributed by atoms with Crippen LogP contribution in [0.1, 0.15) is 24.3 Å². The van der Waals surface area contributed by atoms with Crippen LogP contribution in [-0.4, -0.2) is 4.98 Å². The molecule has 0 spiro atoms. The molecule has 1 aromatic heterocycles. The minimum Gasteiger partial charge on any atom is -0.441 e. The van der Waals surface area contributed by atoms with Gasteiger partial charge in [-0.1, -0.05) is 13.2 Å². The molecule has 0 radical (unpaired) electrons. The van der Waals surface area contributed by atoms with Crippen LogP contribution in [0.5, 0.6) is 0 Å². The van der Waals surface area contributed by atoms with Crippen molar-refractivity contribution in [3.05, 3.63) is 30.5 Å². The third kappa shape index (κ3) is 1.67. The van der Waals surface area contributed by atoms with E-state index in [-0.39, 0.29) is 0 Å². The van der Waals surface area contributed by atoms with Crippen LogP contribution in [0.25, 0.3) is 11.1 Å². The van der Waals surface area contributed by atoms with Crippen molar-refractivity contribution in [1.29, 1.82) is 5.26 Å². The third-order valence-electron chi connectivity index (χ3n) is 1.54. The molecule has 0 aromatic carbocycles. The first-order valence-corrected chi connectivity index (χ1v) is 3.79. The fraction of sp³-hybridized carbons (Fsp3) is 0.200. The quantitative estimate of drug-likeness (QED) is 0.647. The van der Waals surface area contributed by atoms with E-state index in [1.165, 1.54) is 0 Å². The first kappa shape index (κ1) is 9.27. The summed E-state index contributed by atoms with van der Waals surface area (Å²) >= 11 is 0. The van der Waals surface area contributed by atoms with Gasteiger partial charge < -0.3 is 4.42 Å². The van der Waals surface area contributed by atoms with Gasteiger partial charge in [-0.3, -0.25) is 0 Å². The summed E-state index contributed by atoms with van der Waals surface area (Å²) in [6.07, 6.45) is 0. The molecule has 0 aliphatic heterocycles. The van der Waals surface area contributed by atoms with Gasteiger partial charge in [0, 0.05) is 6.92 Å². The summed E-state index contributed by atoms with van der Waals surface area (Å²) in [5.74, 6) is 1.06. The van der Waals surface area contributed by atoms with Crippen LogP contribution in [0.3, 0.4) is 0 Å². The second kappa shape index (κ2) is 3.28. The van der Waals surface area contributed by atoms with Crippen molar-refractivity contribution < 1.29 is 4.42 Å². The molecule has 1 aromatic rings. The number of nitrogens with zero attached hydrogens (tertiary/aromatic N) is 2. The Balaban J connectivity index is 3.29. The summed E-state index contributed by atoms with van der Waals surface area (Å²) in [5.41, 5.74) is 1.54. The molecule has 0 N–H and O–H groups in total. The Bertz CT molecular complexity index is 407. The Morgan fingerprint density at radius 3 is 2.62 bits per heavy atom. The van der Waals surface area contributed by atoms with E-state index in [4.69, 9.17) is 9.68 Å². The minimum atomic E-state index is 0.301. The average Bonchev–Trinajstić information content (AvgIpc) is 2.46. The molecule has 0 aliphatic carbocycles. The number of hydrogen-bond donors (Lipinski definition) is 0. The fourth-order valence-electron chi connectivity index (χ4n) is 0.974. The molecule has 1 rings (SSSR count). The van der Waals surface area contributed by atoms with E-state index in [1.54, 1.807) is 13.8 Å². The Hall–Kier alpha value is -1.82. The van der Waals surface area contributed by atoms with Gasteiger partial charge in [-0.25, -0.2) is 4.98 Å². The summed E-state index contributed by atoms with van der Waals surface area (Å²) in [5, 5.41) is 8.64. The van der Waals surface area contributed by atoms with Gasteiger partial charge in [-0.2, -0.15) is 5.26 Å². The summed E-state index contributed by atoms with van der Waals surface area (Å²) in [4.78, 5) is 4.05. The van der Waals surface area contributed by atoms with E-state index in [2.05, 4.69) is 18.1 Å². The number of aromatic nitrogens is 1. The Morgan fingerprint density at radius 2 is 2.15 bits per heavy atom. The minimum absolute atomic E-state index is 0.301. The summed E-state index contributed by atoms with van der Waals surface area (Å²) in [7, 11) is 0. The van der Waals surface area contributed by atoms with Crippen LogP contribution in [0, 0.1) is 18.3 Å². The molecule has 0 amide bonds. The predicted octanol–water partition coefficient (Wildman–Crippen LogP) is 2.55. The first-order valence-electron chi connectivity index (χ1n) is 3.79. The van der Waals surface area contributed by atoms with Crippen molar-refractivity contribution in [2.24, 2.45) is 0 Å². The van der Waals surface area contributed by atoms with Gasteiger partial charge in [0.25, 0.3) is 0 Å². The lowest BCUT2D eigenvalue weighted by atomic mass is 10.1. The topological polar surface area (TPSA) is 49.8 Å². The van der Waals surface area contributed by atoms with E-state index >= 15 is 0 Å². The first-order chi connectivity index (χ1) is 6.06. The zero-order valence-electron chi connectivity index (χ0n) is 7.72. The largest absolute Gasteiger partial charge is 0.441 e. The van der Waals surface area contributed by atoms with Crippen molar-refractivity contribution in [2.45, 2.75) is 13.8 Å². The molecule has 0 fully saturated rings. The van der Waals surface area contributed by atoms with Crippen molar-refractivity contribution >= 4 is 11.1 Å². The lowest BCUT2D eigenvalue weighted by molar-refractivity contribution is 0.509. The standard InChI is InChI=1S/C10H10N2O/c1-6(2)10-9(7(3)5-11)12-8(4)13-10/h1,3H2,2,4H3. The summed E-state index contributed by atoms with van der Waals surface area (Å²) in [6.45, 7) is 10.8. The van der Waals surface area contributed by atoms with Crippen LogP contribution in [0.15, 0.2) is 17.6 Å². The molecule has 13 heavy (non-hydrogen) atoms. The highest BCUT2D eigenvalue weighted by Gasteiger charge is 2.13. The second-order valence-electron chi connectivity index (χ2n) is 2.78. The van der Waals surface area contributed by atoms with Gasteiger partial charge in [0.2, 0.25) is 0 Å². The Labute approximate surface area is 77.0 Å². The van der Waals surface area contributed by atoms with Crippen molar-refractivity contribution in [2.75, 3.05) is 0 Å². The number of hydrogen-bond acceptors (Lipinski definition) is 3. The third-order valence-corrected chi connectivity index (χ3v) is 1.54. The lowest BCUT2D eigenvalue weighted by Gasteiger charge is -1.94. The molecule has 3 heteroatoms. The molecule has 0 atom stereocenters. The molecular formula is C10H10N2O. The average molecular weight is 174 g/mol. The zero-order valence-corrected chi connectivity index (χ0v) is 7.72. The summed E-state index contributed by atoms with van der Waals surface area (Å²) in [6, 6.07) is 1.93. The number of rotatable bonds is 2. The molecule has 0 aliphatic rings. The number of allylic oxidation sites excluding steroid dienone is 2. The maximum Gasteiger partial charge on any atom is 0.192 e. The van der Waals surface area contributed by atoms with Gasteiger partial charge >= 0.3 is 0 Å². The summed E-state index contributed by atoms with van der Waals surface area (Å²) < 4.78 is 5.28. The van der Waals surface area contributed by atoms with Crippen molar-refractivity contribution in [3.8, 4) is 6.07 Å². The predicted molar refractivity (Wildman–Crippen MR) is 50.6 cm³/mol. The maximum absolute atomic E-state index is 8.64. The van der Waals surface area contributed by atoms with Gasteiger partial charge in [-0.05, 0) is 12.5 Å². The molecule has 0 saturated heterocycles. The highest BCUT2D eigenvalue weighted by Crippen LogP contribution is 2.23. The van der Waals surface area contributed by atoms with Gasteiger partial charge in [0.05, 0.1) is 5.57 Å². The normalized spacial score (nSPS) is 9.31.